The topological polar surface area (TPSA) is 150 Å². The molecule has 40 heavy (non-hydrogen) atoms. The molecule has 1 aliphatic heterocycles. The first-order valence-corrected chi connectivity index (χ1v) is 12.7. The second-order valence-corrected chi connectivity index (χ2v) is 10.2. The number of aryl methyl sites for hydroxylation is 1. The van der Waals surface area contributed by atoms with E-state index < -0.39 is 23.9 Å². The van der Waals surface area contributed by atoms with Crippen LogP contribution in [-0.4, -0.2) is 70.5 Å². The van der Waals surface area contributed by atoms with Crippen LogP contribution in [0.5, 0.6) is 0 Å². The highest BCUT2D eigenvalue weighted by Gasteiger charge is 2.43. The predicted octanol–water partition coefficient (Wildman–Crippen LogP) is 2.47. The molecule has 0 aliphatic carbocycles. The van der Waals surface area contributed by atoms with Crippen molar-refractivity contribution in [2.45, 2.75) is 37.5 Å². The molecule has 6 rings (SSSR count). The average molecular weight is 553 g/mol. The van der Waals surface area contributed by atoms with Crippen molar-refractivity contribution in [3.8, 4) is 11.3 Å². The Morgan fingerprint density at radius 2 is 2.00 bits per heavy atom. The van der Waals surface area contributed by atoms with E-state index in [2.05, 4.69) is 20.1 Å². The number of piperidine rings is 1. The van der Waals surface area contributed by atoms with E-state index in [-0.39, 0.29) is 30.9 Å². The highest BCUT2D eigenvalue weighted by molar-refractivity contribution is 5.84. The number of imidazole rings is 1. The maximum atomic E-state index is 15.3. The van der Waals surface area contributed by atoms with Crippen LogP contribution in [0.15, 0.2) is 43.1 Å². The van der Waals surface area contributed by atoms with Crippen molar-refractivity contribution in [1.29, 1.82) is 0 Å². The van der Waals surface area contributed by atoms with E-state index >= 15 is 4.39 Å². The molecule has 0 radical (unpaired) electrons. The zero-order valence-corrected chi connectivity index (χ0v) is 21.5. The van der Waals surface area contributed by atoms with Gasteiger partial charge in [-0.1, -0.05) is 0 Å². The summed E-state index contributed by atoms with van der Waals surface area (Å²) < 4.78 is 45.5. The Morgan fingerprint density at radius 3 is 2.80 bits per heavy atom. The van der Waals surface area contributed by atoms with Gasteiger partial charge in [-0.15, -0.1) is 0 Å². The molecule has 0 saturated carbocycles. The molecule has 1 aliphatic rings. The average Bonchev–Trinajstić information content (AvgIpc) is 3.51. The van der Waals surface area contributed by atoms with E-state index in [1.165, 1.54) is 12.4 Å². The quantitative estimate of drug-likeness (QED) is 0.289. The summed E-state index contributed by atoms with van der Waals surface area (Å²) in [5.41, 5.74) is 14.1. The number of aliphatic hydroxyl groups is 1. The van der Waals surface area contributed by atoms with Gasteiger partial charge in [0.1, 0.15) is 23.8 Å². The van der Waals surface area contributed by atoms with Crippen molar-refractivity contribution >= 4 is 33.6 Å². The fourth-order valence-electron chi connectivity index (χ4n) is 5.41. The molecule has 5 N–H and O–H groups in total. The molecule has 0 bridgehead atoms. The summed E-state index contributed by atoms with van der Waals surface area (Å²) in [6, 6.07) is 6.55. The van der Waals surface area contributed by atoms with Crippen LogP contribution in [0.2, 0.25) is 0 Å². The van der Waals surface area contributed by atoms with Crippen LogP contribution in [0.3, 0.4) is 0 Å². The SMILES string of the molecule is Cn1ncc2cc(-c3ccc(N4CCC[C@](N)([C@H](O)C(F)F)C4)c(Cn4cnc5c(N)ncnc54)n3)c(F)cc21. The molecular weight excluding hydrogens is 525 g/mol. The number of hydrogen-bond donors (Lipinski definition) is 3. The number of alkyl halides is 2. The predicted molar refractivity (Wildman–Crippen MR) is 143 cm³/mol. The minimum atomic E-state index is -2.97. The fraction of sp³-hybridized carbons (Fsp3) is 0.346. The molecule has 14 heteroatoms. The number of pyridine rings is 1. The second-order valence-electron chi connectivity index (χ2n) is 10.2. The third-order valence-corrected chi connectivity index (χ3v) is 7.53. The largest absolute Gasteiger partial charge is 0.385 e. The van der Waals surface area contributed by atoms with Crippen LogP contribution >= 0.6 is 0 Å². The molecule has 1 fully saturated rings. The van der Waals surface area contributed by atoms with Gasteiger partial charge in [-0.3, -0.25) is 4.68 Å². The van der Waals surface area contributed by atoms with Gasteiger partial charge in [0.2, 0.25) is 0 Å². The molecular formula is C26H27F3N10O. The monoisotopic (exact) mass is 552 g/mol. The van der Waals surface area contributed by atoms with Gasteiger partial charge in [0.05, 0.1) is 47.2 Å². The van der Waals surface area contributed by atoms with Crippen molar-refractivity contribution in [3.05, 3.63) is 54.6 Å². The molecule has 0 unspecified atom stereocenters. The number of nitrogen functional groups attached to an aromatic ring is 1. The highest BCUT2D eigenvalue weighted by Crippen LogP contribution is 2.34. The lowest BCUT2D eigenvalue weighted by Crippen LogP contribution is -2.63. The number of hydrogen-bond acceptors (Lipinski definition) is 9. The van der Waals surface area contributed by atoms with Gasteiger partial charge >= 0.3 is 0 Å². The minimum absolute atomic E-state index is 0.0116. The Bertz CT molecular complexity index is 1720. The maximum absolute atomic E-state index is 15.3. The van der Waals surface area contributed by atoms with Crippen LogP contribution in [0.25, 0.3) is 33.3 Å². The number of rotatable bonds is 6. The zero-order valence-electron chi connectivity index (χ0n) is 21.5. The van der Waals surface area contributed by atoms with Crippen molar-refractivity contribution in [2.75, 3.05) is 23.7 Å². The normalized spacial score (nSPS) is 18.7. The van der Waals surface area contributed by atoms with Crippen molar-refractivity contribution < 1.29 is 18.3 Å². The number of nitrogens with zero attached hydrogens (tertiary/aromatic N) is 8. The van der Waals surface area contributed by atoms with Crippen LogP contribution in [0.1, 0.15) is 18.5 Å². The molecule has 4 aromatic heterocycles. The molecule has 5 aromatic rings. The lowest BCUT2D eigenvalue weighted by molar-refractivity contribution is -0.0529. The number of aliphatic hydroxyl groups excluding tert-OH is 1. The number of fused-ring (bicyclic) bond motifs is 2. The number of anilines is 2. The van der Waals surface area contributed by atoms with Gasteiger partial charge in [-0.2, -0.15) is 5.10 Å². The van der Waals surface area contributed by atoms with E-state index in [1.807, 2.05) is 4.90 Å². The van der Waals surface area contributed by atoms with Gasteiger partial charge in [-0.05, 0) is 31.0 Å². The molecule has 208 valence electrons. The third kappa shape index (κ3) is 4.38. The summed E-state index contributed by atoms with van der Waals surface area (Å²) in [6.07, 6.45) is 0.317. The molecule has 0 spiro atoms. The van der Waals surface area contributed by atoms with E-state index in [0.29, 0.717) is 46.7 Å². The fourth-order valence-corrected chi connectivity index (χ4v) is 5.41. The Morgan fingerprint density at radius 1 is 1.18 bits per heavy atom. The molecule has 11 nitrogen and oxygen atoms in total. The zero-order chi connectivity index (χ0) is 28.2. The van der Waals surface area contributed by atoms with Gasteiger partial charge < -0.3 is 26.0 Å². The van der Waals surface area contributed by atoms with Crippen molar-refractivity contribution in [2.24, 2.45) is 12.8 Å². The van der Waals surface area contributed by atoms with Crippen molar-refractivity contribution in [1.82, 2.24) is 34.3 Å². The lowest BCUT2D eigenvalue weighted by Gasteiger charge is -2.44. The molecule has 2 atom stereocenters. The molecule has 1 saturated heterocycles. The Kier molecular flexibility index (Phi) is 6.30. The summed E-state index contributed by atoms with van der Waals surface area (Å²) >= 11 is 0. The maximum Gasteiger partial charge on any atom is 0.265 e. The molecule has 5 heterocycles. The van der Waals surface area contributed by atoms with Crippen LogP contribution < -0.4 is 16.4 Å². The lowest BCUT2D eigenvalue weighted by atomic mass is 9.84. The summed E-state index contributed by atoms with van der Waals surface area (Å²) in [5.74, 6) is -0.239. The van der Waals surface area contributed by atoms with Crippen molar-refractivity contribution in [3.63, 3.8) is 0 Å². The third-order valence-electron chi connectivity index (χ3n) is 7.53. The summed E-state index contributed by atoms with van der Waals surface area (Å²) in [6.45, 7) is 0.666. The summed E-state index contributed by atoms with van der Waals surface area (Å²) in [7, 11) is 1.74. The Labute approximate surface area is 226 Å². The number of nitrogens with two attached hydrogens (primary N) is 2. The van der Waals surface area contributed by atoms with Crippen LogP contribution in [-0.2, 0) is 13.6 Å². The van der Waals surface area contributed by atoms with Gasteiger partial charge in [-0.25, -0.2) is 33.1 Å². The van der Waals surface area contributed by atoms with E-state index in [9.17, 15) is 13.9 Å². The minimum Gasteiger partial charge on any atom is -0.385 e. The Hall–Kier alpha value is -4.30. The van der Waals surface area contributed by atoms with E-state index in [4.69, 9.17) is 16.5 Å². The number of benzene rings is 1. The van der Waals surface area contributed by atoms with Gasteiger partial charge in [0, 0.05) is 37.2 Å². The molecule has 0 amide bonds. The Balaban J connectivity index is 1.45. The smallest absolute Gasteiger partial charge is 0.265 e. The van der Waals surface area contributed by atoms with Crippen LogP contribution in [0, 0.1) is 5.82 Å². The van der Waals surface area contributed by atoms with E-state index in [1.54, 1.807) is 47.0 Å². The van der Waals surface area contributed by atoms with E-state index in [0.717, 1.165) is 5.39 Å². The van der Waals surface area contributed by atoms with Crippen LogP contribution in [0.4, 0.5) is 24.7 Å². The second kappa shape index (κ2) is 9.71. The standard InChI is InChI=1S/C26H27F3N10O/c1-37-20-8-16(27)15(7-14(20)9-35-37)17-3-4-19(38-6-2-5-26(31,11-38)22(40)23(28)29)18(36-17)10-39-13-34-21-24(30)32-12-33-25(21)39/h3-4,7-9,12-13,22-23,40H,2,5-6,10-11,31H2,1H3,(H2,30,32,33)/t22-,26-/m1/s1. The number of aromatic nitrogens is 7. The van der Waals surface area contributed by atoms with Gasteiger partial charge in [0.15, 0.2) is 11.5 Å². The highest BCUT2D eigenvalue weighted by atomic mass is 19.3. The summed E-state index contributed by atoms with van der Waals surface area (Å²) in [4.78, 5) is 19.3. The molecule has 1 aromatic carbocycles. The number of halogens is 3. The first-order chi connectivity index (χ1) is 19.1. The first kappa shape index (κ1) is 26.0. The summed E-state index contributed by atoms with van der Waals surface area (Å²) in [5, 5.41) is 15.2. The first-order valence-electron chi connectivity index (χ1n) is 12.7. The van der Waals surface area contributed by atoms with Gasteiger partial charge in [0.25, 0.3) is 6.43 Å².